The van der Waals surface area contributed by atoms with Crippen LogP contribution in [0.4, 0.5) is 5.69 Å². The fourth-order valence-corrected chi connectivity index (χ4v) is 2.18. The van der Waals surface area contributed by atoms with Crippen molar-refractivity contribution in [1.29, 1.82) is 5.26 Å². The van der Waals surface area contributed by atoms with E-state index in [1.165, 1.54) is 11.8 Å². The fraction of sp³-hybridized carbons (Fsp3) is 0.0588. The largest absolute Gasteiger partial charge is 0.271 e. The monoisotopic (exact) mass is 293 g/mol. The van der Waals surface area contributed by atoms with Crippen LogP contribution in [-0.2, 0) is 0 Å². The number of nitrogens with zero attached hydrogens (tertiary/aromatic N) is 2. The van der Waals surface area contributed by atoms with Gasteiger partial charge in [-0.25, -0.2) is 4.99 Å². The number of benzene rings is 2. The van der Waals surface area contributed by atoms with E-state index in [2.05, 4.69) is 16.9 Å². The van der Waals surface area contributed by atoms with Gasteiger partial charge in [-0.1, -0.05) is 60.8 Å². The van der Waals surface area contributed by atoms with Gasteiger partial charge in [-0.05, 0) is 35.1 Å². The summed E-state index contributed by atoms with van der Waals surface area (Å²) >= 11 is 1.40. The number of aliphatic imine (C=N–C) groups is 1. The van der Waals surface area contributed by atoms with Crippen molar-refractivity contribution in [2.75, 3.05) is 6.26 Å². The summed E-state index contributed by atoms with van der Waals surface area (Å²) in [6.07, 6.45) is 3.74. The number of hydrogen-bond donors (Lipinski definition) is 1. The summed E-state index contributed by atoms with van der Waals surface area (Å²) in [6, 6.07) is 17.9. The maximum atomic E-state index is 8.62. The second-order valence-corrected chi connectivity index (χ2v) is 5.04. The molecule has 2 aromatic carbocycles. The first-order valence-corrected chi connectivity index (χ1v) is 7.59. The molecule has 0 bridgehead atoms. The first-order valence-electron chi connectivity index (χ1n) is 6.37. The number of nitriles is 1. The summed E-state index contributed by atoms with van der Waals surface area (Å²) in [7, 11) is 0. The lowest BCUT2D eigenvalue weighted by atomic mass is 10.00. The van der Waals surface area contributed by atoms with E-state index in [0.29, 0.717) is 5.17 Å². The van der Waals surface area contributed by atoms with Crippen molar-refractivity contribution in [1.82, 2.24) is 5.32 Å². The molecule has 104 valence electrons. The molecule has 1 N–H and O–H groups in total. The predicted octanol–water partition coefficient (Wildman–Crippen LogP) is 4.17. The van der Waals surface area contributed by atoms with Crippen molar-refractivity contribution in [3.05, 3.63) is 72.3 Å². The molecule has 0 fully saturated rings. The molecule has 0 amide bonds. The fourth-order valence-electron chi connectivity index (χ4n) is 1.83. The molecule has 0 heterocycles. The second kappa shape index (κ2) is 7.32. The molecular formula is C17H15N3S. The number of amidine groups is 1. The first kappa shape index (κ1) is 14.9. The summed E-state index contributed by atoms with van der Waals surface area (Å²) in [5.74, 6) is 0. The van der Waals surface area contributed by atoms with Gasteiger partial charge in [0.2, 0.25) is 0 Å². The van der Waals surface area contributed by atoms with Crippen molar-refractivity contribution in [3.63, 3.8) is 0 Å². The highest BCUT2D eigenvalue weighted by molar-refractivity contribution is 8.13. The van der Waals surface area contributed by atoms with Crippen LogP contribution in [0.2, 0.25) is 0 Å². The third-order valence-corrected chi connectivity index (χ3v) is 3.50. The van der Waals surface area contributed by atoms with Crippen LogP contribution < -0.4 is 5.32 Å². The molecule has 0 aliphatic heterocycles. The van der Waals surface area contributed by atoms with Crippen molar-refractivity contribution in [3.8, 4) is 6.19 Å². The molecule has 0 radical (unpaired) electrons. The Balaban J connectivity index is 2.20. The molecule has 0 unspecified atom stereocenters. The lowest BCUT2D eigenvalue weighted by molar-refractivity contribution is 1.28. The average molecular weight is 293 g/mol. The Labute approximate surface area is 129 Å². The Morgan fingerprint density at radius 1 is 1.10 bits per heavy atom. The summed E-state index contributed by atoms with van der Waals surface area (Å²) in [5, 5.41) is 11.7. The zero-order valence-electron chi connectivity index (χ0n) is 11.7. The van der Waals surface area contributed by atoms with Crippen molar-refractivity contribution in [2.45, 2.75) is 0 Å². The standard InChI is InChI=1S/C17H15N3S/c1-13(14-6-4-3-5-7-14)15-8-10-16(11-9-15)20-17(21-2)19-12-18/h3-11H,1H2,2H3,(H,19,20). The zero-order chi connectivity index (χ0) is 15.1. The molecule has 0 atom stereocenters. The first-order chi connectivity index (χ1) is 10.2. The van der Waals surface area contributed by atoms with Crippen LogP contribution in [0.3, 0.4) is 0 Å². The highest BCUT2D eigenvalue weighted by Crippen LogP contribution is 2.24. The Kier molecular flexibility index (Phi) is 5.19. The quantitative estimate of drug-likeness (QED) is 0.400. The number of nitrogens with one attached hydrogen (secondary N) is 1. The van der Waals surface area contributed by atoms with Crippen molar-refractivity contribution >= 4 is 28.2 Å². The van der Waals surface area contributed by atoms with Gasteiger partial charge in [0.1, 0.15) is 0 Å². The molecule has 2 aromatic rings. The lowest BCUT2D eigenvalue weighted by Crippen LogP contribution is -2.12. The third kappa shape index (κ3) is 3.98. The van der Waals surface area contributed by atoms with Crippen LogP contribution in [0.5, 0.6) is 0 Å². The Morgan fingerprint density at radius 2 is 1.71 bits per heavy atom. The molecule has 2 rings (SSSR count). The molecular weight excluding hydrogens is 278 g/mol. The average Bonchev–Trinajstić information content (AvgIpc) is 2.55. The number of thioether (sulfide) groups is 1. The Hall–Kier alpha value is -2.51. The van der Waals surface area contributed by atoms with Crippen molar-refractivity contribution < 1.29 is 0 Å². The molecule has 0 saturated heterocycles. The van der Waals surface area contributed by atoms with Gasteiger partial charge in [-0.15, -0.1) is 0 Å². The van der Waals surface area contributed by atoms with E-state index in [0.717, 1.165) is 22.4 Å². The molecule has 0 spiro atoms. The zero-order valence-corrected chi connectivity index (χ0v) is 12.5. The second-order valence-electron chi connectivity index (χ2n) is 4.25. The third-order valence-electron chi connectivity index (χ3n) is 2.92. The van der Waals surface area contributed by atoms with E-state index in [-0.39, 0.29) is 0 Å². The van der Waals surface area contributed by atoms with Crippen LogP contribution in [0, 0.1) is 11.5 Å². The van der Waals surface area contributed by atoms with Gasteiger partial charge in [0.05, 0.1) is 5.69 Å². The van der Waals surface area contributed by atoms with Gasteiger partial charge in [0.15, 0.2) is 11.4 Å². The van der Waals surface area contributed by atoms with Gasteiger partial charge in [-0.3, -0.25) is 5.32 Å². The summed E-state index contributed by atoms with van der Waals surface area (Å²) in [5.41, 5.74) is 3.93. The molecule has 0 aliphatic rings. The number of hydrogen-bond acceptors (Lipinski definition) is 3. The molecule has 0 aromatic heterocycles. The van der Waals surface area contributed by atoms with Crippen LogP contribution in [0.15, 0.2) is 66.2 Å². The van der Waals surface area contributed by atoms with E-state index in [1.807, 2.05) is 67.0 Å². The van der Waals surface area contributed by atoms with Gasteiger partial charge in [-0.2, -0.15) is 5.26 Å². The van der Waals surface area contributed by atoms with Gasteiger partial charge in [0.25, 0.3) is 0 Å². The lowest BCUT2D eigenvalue weighted by Gasteiger charge is -2.06. The van der Waals surface area contributed by atoms with E-state index in [9.17, 15) is 0 Å². The molecule has 0 aliphatic carbocycles. The molecule has 21 heavy (non-hydrogen) atoms. The van der Waals surface area contributed by atoms with E-state index >= 15 is 0 Å². The minimum Gasteiger partial charge on any atom is -0.271 e. The predicted molar refractivity (Wildman–Crippen MR) is 90.4 cm³/mol. The van der Waals surface area contributed by atoms with Crippen LogP contribution in [0.1, 0.15) is 11.1 Å². The number of rotatable bonds is 3. The summed E-state index contributed by atoms with van der Waals surface area (Å²) < 4.78 is 0. The van der Waals surface area contributed by atoms with Gasteiger partial charge in [0, 0.05) is 0 Å². The van der Waals surface area contributed by atoms with E-state index < -0.39 is 0 Å². The normalized spacial score (nSPS) is 10.8. The molecule has 3 nitrogen and oxygen atoms in total. The van der Waals surface area contributed by atoms with Gasteiger partial charge < -0.3 is 0 Å². The van der Waals surface area contributed by atoms with E-state index in [4.69, 9.17) is 5.26 Å². The molecule has 4 heteroatoms. The smallest absolute Gasteiger partial charge is 0.183 e. The van der Waals surface area contributed by atoms with Crippen LogP contribution >= 0.6 is 11.8 Å². The van der Waals surface area contributed by atoms with Crippen molar-refractivity contribution in [2.24, 2.45) is 4.99 Å². The topological polar surface area (TPSA) is 48.2 Å². The maximum Gasteiger partial charge on any atom is 0.183 e. The Bertz CT molecular complexity index is 682. The summed E-state index contributed by atoms with van der Waals surface area (Å²) in [6.45, 7) is 4.14. The highest BCUT2D eigenvalue weighted by Gasteiger charge is 2.02. The summed E-state index contributed by atoms with van der Waals surface area (Å²) in [4.78, 5) is 4.36. The minimum absolute atomic E-state index is 0.576. The maximum absolute atomic E-state index is 8.62. The van der Waals surface area contributed by atoms with Crippen LogP contribution in [0.25, 0.3) is 5.57 Å². The SMILES string of the molecule is C=C(c1ccccc1)c1ccc(N=C(NC#N)SC)cc1. The van der Waals surface area contributed by atoms with Crippen LogP contribution in [-0.4, -0.2) is 11.4 Å². The minimum atomic E-state index is 0.576. The van der Waals surface area contributed by atoms with Gasteiger partial charge >= 0.3 is 0 Å². The van der Waals surface area contributed by atoms with E-state index in [1.54, 1.807) is 0 Å². The Morgan fingerprint density at radius 3 is 2.29 bits per heavy atom. The molecule has 0 saturated carbocycles. The highest BCUT2D eigenvalue weighted by atomic mass is 32.2.